The number of benzene rings is 2. The van der Waals surface area contributed by atoms with E-state index in [0.29, 0.717) is 40.8 Å². The fourth-order valence-corrected chi connectivity index (χ4v) is 3.04. The van der Waals surface area contributed by atoms with Gasteiger partial charge in [-0.3, -0.25) is 4.79 Å². The van der Waals surface area contributed by atoms with Crippen molar-refractivity contribution in [1.29, 1.82) is 0 Å². The van der Waals surface area contributed by atoms with Crippen molar-refractivity contribution in [2.75, 3.05) is 32.6 Å². The first kappa shape index (κ1) is 23.0. The lowest BCUT2D eigenvalue weighted by atomic mass is 10.1. The molecule has 2 rings (SSSR count). The highest BCUT2D eigenvalue weighted by Gasteiger charge is 2.17. The third kappa shape index (κ3) is 6.35. The molecular weight excluding hydrogens is 413 g/mol. The summed E-state index contributed by atoms with van der Waals surface area (Å²) in [6.45, 7) is 2.49. The van der Waals surface area contributed by atoms with Gasteiger partial charge in [0, 0.05) is 45.0 Å². The van der Waals surface area contributed by atoms with Crippen molar-refractivity contribution in [2.24, 2.45) is 0 Å². The lowest BCUT2D eigenvalue weighted by Gasteiger charge is -2.24. The van der Waals surface area contributed by atoms with Crippen LogP contribution in [-0.4, -0.2) is 54.1 Å². The molecule has 0 fully saturated rings. The van der Waals surface area contributed by atoms with Gasteiger partial charge in [-0.15, -0.1) is 0 Å². The van der Waals surface area contributed by atoms with Gasteiger partial charge < -0.3 is 20.2 Å². The van der Waals surface area contributed by atoms with Crippen LogP contribution in [-0.2, 0) is 6.54 Å². The molecule has 2 aromatic rings. The lowest BCUT2D eigenvalue weighted by Crippen LogP contribution is -2.36. The maximum atomic E-state index is 12.9. The molecule has 0 aliphatic carbocycles. The maximum absolute atomic E-state index is 12.9. The molecule has 156 valence electrons. The van der Waals surface area contributed by atoms with Crippen molar-refractivity contribution in [3.8, 4) is 0 Å². The molecule has 0 aliphatic rings. The number of carbonyl (C=O) groups excluding carboxylic acids is 2. The summed E-state index contributed by atoms with van der Waals surface area (Å²) in [4.78, 5) is 28.2. The van der Waals surface area contributed by atoms with Crippen molar-refractivity contribution in [3.05, 3.63) is 63.1 Å². The number of rotatable bonds is 7. The average molecular weight is 438 g/mol. The van der Waals surface area contributed by atoms with E-state index in [2.05, 4.69) is 5.32 Å². The van der Waals surface area contributed by atoms with Gasteiger partial charge in [-0.2, -0.15) is 0 Å². The summed E-state index contributed by atoms with van der Waals surface area (Å²) < 4.78 is 0. The maximum Gasteiger partial charge on any atom is 0.322 e. The monoisotopic (exact) mass is 437 g/mol. The number of aliphatic hydroxyl groups is 1. The minimum atomic E-state index is -0.331. The molecule has 0 unspecified atom stereocenters. The molecule has 3 amide bonds. The Balaban J connectivity index is 2.22. The smallest absolute Gasteiger partial charge is 0.322 e. The lowest BCUT2D eigenvalue weighted by molar-refractivity contribution is 0.0827. The summed E-state index contributed by atoms with van der Waals surface area (Å²) >= 11 is 12.0. The minimum absolute atomic E-state index is 0.0308. The molecule has 6 nitrogen and oxygen atoms in total. The Labute approximate surface area is 181 Å². The average Bonchev–Trinajstić information content (AvgIpc) is 2.68. The highest BCUT2D eigenvalue weighted by molar-refractivity contribution is 6.42. The molecule has 0 bridgehead atoms. The van der Waals surface area contributed by atoms with Gasteiger partial charge in [0.05, 0.1) is 10.0 Å². The summed E-state index contributed by atoms with van der Waals surface area (Å²) in [7, 11) is 3.35. The van der Waals surface area contributed by atoms with Crippen molar-refractivity contribution >= 4 is 40.8 Å². The predicted octanol–water partition coefficient (Wildman–Crippen LogP) is 4.42. The van der Waals surface area contributed by atoms with Gasteiger partial charge in [-0.25, -0.2) is 4.79 Å². The van der Waals surface area contributed by atoms with E-state index in [1.165, 1.54) is 4.90 Å². The minimum Gasteiger partial charge on any atom is -0.396 e. The number of aliphatic hydroxyl groups excluding tert-OH is 1. The van der Waals surface area contributed by atoms with Gasteiger partial charge in [0.15, 0.2) is 0 Å². The number of urea groups is 1. The quantitative estimate of drug-likeness (QED) is 0.672. The third-order valence-electron chi connectivity index (χ3n) is 4.36. The van der Waals surface area contributed by atoms with E-state index in [-0.39, 0.29) is 18.5 Å². The number of amides is 3. The fourth-order valence-electron chi connectivity index (χ4n) is 2.71. The molecule has 0 radical (unpaired) electrons. The standard InChI is InChI=1S/C21H25Cl2N3O3/c1-14-5-7-16(20(28)25(2)3)12-19(14)24-21(29)26(9-4-10-27)13-15-6-8-17(22)18(23)11-15/h5-8,11-12,27H,4,9-10,13H2,1-3H3,(H,24,29). The first-order valence-corrected chi connectivity index (χ1v) is 9.91. The molecule has 0 aliphatic heterocycles. The van der Waals surface area contributed by atoms with E-state index in [1.54, 1.807) is 55.4 Å². The summed E-state index contributed by atoms with van der Waals surface area (Å²) in [5, 5.41) is 12.9. The van der Waals surface area contributed by atoms with Gasteiger partial charge in [0.2, 0.25) is 0 Å². The van der Waals surface area contributed by atoms with E-state index >= 15 is 0 Å². The summed E-state index contributed by atoms with van der Waals surface area (Å²) in [5.41, 5.74) is 2.71. The molecule has 0 aromatic heterocycles. The van der Waals surface area contributed by atoms with Crippen molar-refractivity contribution in [2.45, 2.75) is 19.9 Å². The van der Waals surface area contributed by atoms with Crippen LogP contribution in [0, 0.1) is 6.92 Å². The Morgan fingerprint density at radius 2 is 1.79 bits per heavy atom. The van der Waals surface area contributed by atoms with Crippen molar-refractivity contribution in [3.63, 3.8) is 0 Å². The number of nitrogens with zero attached hydrogens (tertiary/aromatic N) is 2. The Morgan fingerprint density at radius 1 is 1.07 bits per heavy atom. The van der Waals surface area contributed by atoms with Crippen LogP contribution in [0.1, 0.15) is 27.9 Å². The fraction of sp³-hybridized carbons (Fsp3) is 0.333. The van der Waals surface area contributed by atoms with E-state index in [9.17, 15) is 14.7 Å². The Hall–Kier alpha value is -2.28. The molecule has 2 N–H and O–H groups in total. The number of hydrogen-bond acceptors (Lipinski definition) is 3. The molecule has 0 saturated heterocycles. The zero-order valence-corrected chi connectivity index (χ0v) is 18.2. The first-order valence-electron chi connectivity index (χ1n) is 9.16. The van der Waals surface area contributed by atoms with Gasteiger partial charge in [0.25, 0.3) is 5.91 Å². The Kier molecular flexibility index (Phi) is 8.32. The largest absolute Gasteiger partial charge is 0.396 e. The van der Waals surface area contributed by atoms with Crippen LogP contribution >= 0.6 is 23.2 Å². The summed E-state index contributed by atoms with van der Waals surface area (Å²) in [6.07, 6.45) is 0.437. The molecule has 0 saturated carbocycles. The van der Waals surface area contributed by atoms with Gasteiger partial charge in [-0.05, 0) is 48.7 Å². The molecule has 0 heterocycles. The number of anilines is 1. The van der Waals surface area contributed by atoms with E-state index in [1.807, 2.05) is 6.92 Å². The number of halogens is 2. The van der Waals surface area contributed by atoms with Crippen LogP contribution in [0.25, 0.3) is 0 Å². The summed E-state index contributed by atoms with van der Waals surface area (Å²) in [6, 6.07) is 10.1. The zero-order chi connectivity index (χ0) is 21.6. The van der Waals surface area contributed by atoms with Gasteiger partial charge in [0.1, 0.15) is 0 Å². The second-order valence-corrected chi connectivity index (χ2v) is 7.72. The van der Waals surface area contributed by atoms with E-state index < -0.39 is 0 Å². The second kappa shape index (κ2) is 10.5. The van der Waals surface area contributed by atoms with Gasteiger partial charge >= 0.3 is 6.03 Å². The molecular formula is C21H25Cl2N3O3. The van der Waals surface area contributed by atoms with Crippen molar-refractivity contribution in [1.82, 2.24) is 9.80 Å². The Morgan fingerprint density at radius 3 is 2.41 bits per heavy atom. The van der Waals surface area contributed by atoms with Gasteiger partial charge in [-0.1, -0.05) is 35.3 Å². The van der Waals surface area contributed by atoms with Crippen LogP contribution < -0.4 is 5.32 Å². The highest BCUT2D eigenvalue weighted by atomic mass is 35.5. The topological polar surface area (TPSA) is 72.9 Å². The summed E-state index contributed by atoms with van der Waals surface area (Å²) in [5.74, 6) is -0.145. The highest BCUT2D eigenvalue weighted by Crippen LogP contribution is 2.24. The molecule has 0 spiro atoms. The zero-order valence-electron chi connectivity index (χ0n) is 16.7. The molecule has 2 aromatic carbocycles. The Bertz CT molecular complexity index is 887. The van der Waals surface area contributed by atoms with E-state index in [4.69, 9.17) is 23.2 Å². The number of nitrogens with one attached hydrogen (secondary N) is 1. The predicted molar refractivity (Wildman–Crippen MR) is 117 cm³/mol. The second-order valence-electron chi connectivity index (χ2n) is 6.91. The first-order chi connectivity index (χ1) is 13.7. The normalized spacial score (nSPS) is 10.6. The van der Waals surface area contributed by atoms with E-state index in [0.717, 1.165) is 11.1 Å². The third-order valence-corrected chi connectivity index (χ3v) is 5.10. The van der Waals surface area contributed by atoms with Crippen LogP contribution in [0.5, 0.6) is 0 Å². The van der Waals surface area contributed by atoms with Crippen LogP contribution in [0.4, 0.5) is 10.5 Å². The van der Waals surface area contributed by atoms with Crippen LogP contribution in [0.15, 0.2) is 36.4 Å². The molecule has 0 atom stereocenters. The molecule has 29 heavy (non-hydrogen) atoms. The van der Waals surface area contributed by atoms with Crippen LogP contribution in [0.3, 0.4) is 0 Å². The molecule has 8 heteroatoms. The SMILES string of the molecule is Cc1ccc(C(=O)N(C)C)cc1NC(=O)N(CCCO)Cc1ccc(Cl)c(Cl)c1. The number of aryl methyl sites for hydroxylation is 1. The number of carbonyl (C=O) groups is 2. The van der Waals surface area contributed by atoms with Crippen LogP contribution in [0.2, 0.25) is 10.0 Å². The van der Waals surface area contributed by atoms with Crippen molar-refractivity contribution < 1.29 is 14.7 Å². The number of hydrogen-bond donors (Lipinski definition) is 2.